The van der Waals surface area contributed by atoms with Crippen LogP contribution in [0.1, 0.15) is 10.4 Å². The van der Waals surface area contributed by atoms with Crippen LogP contribution in [0.15, 0.2) is 40.1 Å². The van der Waals surface area contributed by atoms with Gasteiger partial charge in [0.25, 0.3) is 5.56 Å². The minimum atomic E-state index is -1.02. The molecule has 0 atom stereocenters. The van der Waals surface area contributed by atoms with Crippen LogP contribution in [0.3, 0.4) is 0 Å². The van der Waals surface area contributed by atoms with Crippen molar-refractivity contribution >= 4 is 17.6 Å². The maximum absolute atomic E-state index is 11.5. The number of nitrogens with zero attached hydrogens (tertiary/aromatic N) is 1. The second-order valence-electron chi connectivity index (χ2n) is 4.11. The molecule has 0 aliphatic carbocycles. The number of carbonyl (C=O) groups is 1. The molecule has 2 N–H and O–H groups in total. The van der Waals surface area contributed by atoms with Gasteiger partial charge in [0.15, 0.2) is 0 Å². The average Bonchev–Trinajstić information content (AvgIpc) is 2.45. The minimum Gasteiger partial charge on any atom is -0.492 e. The number of aromatic amines is 1. The van der Waals surface area contributed by atoms with Crippen LogP contribution < -0.4 is 16.0 Å². The van der Waals surface area contributed by atoms with E-state index in [-0.39, 0.29) is 23.7 Å². The Morgan fingerprint density at radius 3 is 2.57 bits per heavy atom. The summed E-state index contributed by atoms with van der Waals surface area (Å²) in [7, 11) is 0. The Morgan fingerprint density at radius 1 is 1.29 bits per heavy atom. The molecule has 0 aliphatic rings. The Bertz CT molecular complexity index is 763. The third-order valence-electron chi connectivity index (χ3n) is 2.67. The highest BCUT2D eigenvalue weighted by Gasteiger charge is 2.04. The Kier molecular flexibility index (Phi) is 4.44. The van der Waals surface area contributed by atoms with Crippen molar-refractivity contribution in [2.24, 2.45) is 0 Å². The molecule has 1 aromatic heterocycles. The van der Waals surface area contributed by atoms with Crippen LogP contribution in [-0.4, -0.2) is 27.2 Å². The van der Waals surface area contributed by atoms with E-state index in [4.69, 9.17) is 21.4 Å². The van der Waals surface area contributed by atoms with Gasteiger partial charge in [0.05, 0.1) is 12.1 Å². The topological polar surface area (TPSA) is 101 Å². The molecule has 0 saturated carbocycles. The number of nitrogens with one attached hydrogen (secondary N) is 1. The number of rotatable bonds is 5. The van der Waals surface area contributed by atoms with Gasteiger partial charge in [-0.2, -0.15) is 0 Å². The van der Waals surface area contributed by atoms with Gasteiger partial charge in [-0.05, 0) is 24.3 Å². The van der Waals surface area contributed by atoms with Crippen LogP contribution >= 0.6 is 11.6 Å². The minimum absolute atomic E-state index is 0.0830. The van der Waals surface area contributed by atoms with Gasteiger partial charge in [-0.3, -0.25) is 14.3 Å². The van der Waals surface area contributed by atoms with E-state index >= 15 is 0 Å². The molecule has 0 aliphatic heterocycles. The zero-order chi connectivity index (χ0) is 15.4. The highest BCUT2D eigenvalue weighted by atomic mass is 35.5. The van der Waals surface area contributed by atoms with Gasteiger partial charge in [-0.1, -0.05) is 11.6 Å². The van der Waals surface area contributed by atoms with Gasteiger partial charge in [-0.15, -0.1) is 0 Å². The molecular weight excluding hydrogens is 300 g/mol. The van der Waals surface area contributed by atoms with Crippen molar-refractivity contribution in [2.75, 3.05) is 6.61 Å². The normalized spacial score (nSPS) is 10.3. The van der Waals surface area contributed by atoms with Gasteiger partial charge in [0.1, 0.15) is 17.4 Å². The standard InChI is InChI=1S/C13H11ClN2O5/c14-10-7-16(13(20)15-11(10)17)5-6-21-9-3-1-8(2-4-9)12(18)19/h1-4,7H,5-6H2,(H,18,19)(H,15,17,20). The number of halogens is 1. The molecule has 0 bridgehead atoms. The molecule has 1 heterocycles. The third-order valence-corrected chi connectivity index (χ3v) is 2.94. The third kappa shape index (κ3) is 3.73. The molecule has 2 rings (SSSR count). The van der Waals surface area contributed by atoms with Crippen molar-refractivity contribution in [3.8, 4) is 5.75 Å². The summed E-state index contributed by atoms with van der Waals surface area (Å²) in [6.45, 7) is 0.352. The molecule has 7 nitrogen and oxygen atoms in total. The smallest absolute Gasteiger partial charge is 0.335 e. The van der Waals surface area contributed by atoms with E-state index in [1.165, 1.54) is 35.0 Å². The Hall–Kier alpha value is -2.54. The summed E-state index contributed by atoms with van der Waals surface area (Å²) in [5.41, 5.74) is -1.05. The number of ether oxygens (including phenoxy) is 1. The zero-order valence-electron chi connectivity index (χ0n) is 10.7. The lowest BCUT2D eigenvalue weighted by molar-refractivity contribution is 0.0697. The fraction of sp³-hybridized carbons (Fsp3) is 0.154. The quantitative estimate of drug-likeness (QED) is 0.856. The fourth-order valence-corrected chi connectivity index (χ4v) is 1.77. The van der Waals surface area contributed by atoms with Crippen molar-refractivity contribution in [3.63, 3.8) is 0 Å². The predicted molar refractivity (Wildman–Crippen MR) is 75.2 cm³/mol. The molecule has 0 radical (unpaired) electrons. The lowest BCUT2D eigenvalue weighted by Crippen LogP contribution is -2.31. The number of benzene rings is 1. The van der Waals surface area contributed by atoms with Crippen LogP contribution in [0, 0.1) is 0 Å². The van der Waals surface area contributed by atoms with Gasteiger partial charge in [0.2, 0.25) is 0 Å². The Labute approximate surface area is 123 Å². The number of hydrogen-bond donors (Lipinski definition) is 2. The second-order valence-corrected chi connectivity index (χ2v) is 4.51. The van der Waals surface area contributed by atoms with Gasteiger partial charge in [-0.25, -0.2) is 9.59 Å². The first-order valence-corrected chi connectivity index (χ1v) is 6.30. The molecule has 1 aromatic carbocycles. The molecule has 0 spiro atoms. The van der Waals surface area contributed by atoms with Crippen LogP contribution in [0.25, 0.3) is 0 Å². The van der Waals surface area contributed by atoms with Gasteiger partial charge in [0, 0.05) is 6.20 Å². The monoisotopic (exact) mass is 310 g/mol. The van der Waals surface area contributed by atoms with Crippen molar-refractivity contribution in [2.45, 2.75) is 6.54 Å². The van der Waals surface area contributed by atoms with E-state index in [0.717, 1.165) is 0 Å². The summed E-state index contributed by atoms with van der Waals surface area (Å²) in [6, 6.07) is 5.87. The van der Waals surface area contributed by atoms with Crippen molar-refractivity contribution in [1.82, 2.24) is 9.55 Å². The highest BCUT2D eigenvalue weighted by Crippen LogP contribution is 2.12. The molecule has 0 fully saturated rings. The van der Waals surface area contributed by atoms with E-state index in [0.29, 0.717) is 5.75 Å². The first kappa shape index (κ1) is 14.9. The van der Waals surface area contributed by atoms with Crippen molar-refractivity contribution in [1.29, 1.82) is 0 Å². The summed E-state index contributed by atoms with van der Waals surface area (Å²) in [5, 5.41) is 8.68. The van der Waals surface area contributed by atoms with Gasteiger partial charge >= 0.3 is 11.7 Å². The Morgan fingerprint density at radius 2 is 1.95 bits per heavy atom. The average molecular weight is 311 g/mol. The fourth-order valence-electron chi connectivity index (χ4n) is 1.60. The van der Waals surface area contributed by atoms with Crippen LogP contribution in [0.2, 0.25) is 5.02 Å². The summed E-state index contributed by atoms with van der Waals surface area (Å²) in [4.78, 5) is 35.3. The number of aromatic nitrogens is 2. The largest absolute Gasteiger partial charge is 0.492 e. The highest BCUT2D eigenvalue weighted by molar-refractivity contribution is 6.30. The van der Waals surface area contributed by atoms with Crippen molar-refractivity contribution in [3.05, 3.63) is 61.9 Å². The van der Waals surface area contributed by atoms with Gasteiger partial charge < -0.3 is 9.84 Å². The number of carboxylic acid groups (broad SMARTS) is 1. The number of H-pyrrole nitrogens is 1. The summed E-state index contributed by atoms with van der Waals surface area (Å²) < 4.78 is 6.60. The molecule has 0 unspecified atom stereocenters. The van der Waals surface area contributed by atoms with E-state index in [9.17, 15) is 14.4 Å². The number of hydrogen-bond acceptors (Lipinski definition) is 4. The lowest BCUT2D eigenvalue weighted by Gasteiger charge is -2.08. The molecular formula is C13H11ClN2O5. The maximum Gasteiger partial charge on any atom is 0.335 e. The molecule has 2 aromatic rings. The van der Waals surface area contributed by atoms with Crippen LogP contribution in [0.5, 0.6) is 5.75 Å². The lowest BCUT2D eigenvalue weighted by atomic mass is 10.2. The van der Waals surface area contributed by atoms with E-state index in [1.807, 2.05) is 0 Å². The molecule has 21 heavy (non-hydrogen) atoms. The first-order valence-electron chi connectivity index (χ1n) is 5.93. The molecule has 0 saturated heterocycles. The molecule has 110 valence electrons. The van der Waals surface area contributed by atoms with E-state index < -0.39 is 17.2 Å². The number of aromatic carboxylic acids is 1. The molecule has 8 heteroatoms. The maximum atomic E-state index is 11.5. The van der Waals surface area contributed by atoms with Crippen LogP contribution in [0.4, 0.5) is 0 Å². The molecule has 0 amide bonds. The number of carboxylic acids is 1. The van der Waals surface area contributed by atoms with E-state index in [1.54, 1.807) is 0 Å². The Balaban J connectivity index is 1.98. The summed E-state index contributed by atoms with van der Waals surface area (Å²) in [6.07, 6.45) is 1.24. The first-order chi connectivity index (χ1) is 9.97. The van der Waals surface area contributed by atoms with Crippen molar-refractivity contribution < 1.29 is 14.6 Å². The summed E-state index contributed by atoms with van der Waals surface area (Å²) >= 11 is 5.63. The zero-order valence-corrected chi connectivity index (χ0v) is 11.5. The SMILES string of the molecule is O=C(O)c1ccc(OCCn2cc(Cl)c(=O)[nH]c2=O)cc1. The van der Waals surface area contributed by atoms with Crippen LogP contribution in [-0.2, 0) is 6.54 Å². The summed E-state index contributed by atoms with van der Waals surface area (Å²) in [5.74, 6) is -0.542. The second kappa shape index (κ2) is 6.27. The van der Waals surface area contributed by atoms with E-state index in [2.05, 4.69) is 4.98 Å². The predicted octanol–water partition coefficient (Wildman–Crippen LogP) is 0.967.